The molecule has 0 aliphatic carbocycles. The van der Waals surface area contributed by atoms with Crippen LogP contribution in [0.5, 0.6) is 0 Å². The normalized spacial score (nSPS) is 15.2. The van der Waals surface area contributed by atoms with Gasteiger partial charge in [-0.2, -0.15) is 10.1 Å². The number of allylic oxidation sites excluding steroid dienone is 3. The molecule has 0 N–H and O–H groups in total. The van der Waals surface area contributed by atoms with Crippen molar-refractivity contribution in [1.82, 2.24) is 5.01 Å². The second-order valence-corrected chi connectivity index (χ2v) is 2.61. The maximum Gasteiger partial charge on any atom is 0.434 e. The Balaban J connectivity index is 2.64. The molecule has 0 saturated carbocycles. The van der Waals surface area contributed by atoms with E-state index in [1.54, 1.807) is 19.1 Å². The van der Waals surface area contributed by atoms with Gasteiger partial charge in [-0.3, -0.25) is 0 Å². The highest BCUT2D eigenvalue weighted by Gasteiger charge is 2.10. The Morgan fingerprint density at radius 2 is 2.54 bits per heavy atom. The van der Waals surface area contributed by atoms with Gasteiger partial charge in [-0.15, -0.1) is 0 Å². The van der Waals surface area contributed by atoms with E-state index in [1.807, 2.05) is 0 Å². The molecule has 1 amide bonds. The Morgan fingerprint density at radius 3 is 3.23 bits per heavy atom. The summed E-state index contributed by atoms with van der Waals surface area (Å²) < 4.78 is 4.73. The summed E-state index contributed by atoms with van der Waals surface area (Å²) in [6.07, 6.45) is 5.50. The van der Waals surface area contributed by atoms with Gasteiger partial charge in [0.25, 0.3) is 0 Å². The fourth-order valence-electron chi connectivity index (χ4n) is 0.710. The second-order valence-electron chi connectivity index (χ2n) is 2.18. The maximum absolute atomic E-state index is 11.1. The van der Waals surface area contributed by atoms with Crippen molar-refractivity contribution >= 4 is 23.9 Å². The first-order valence-corrected chi connectivity index (χ1v) is 4.15. The van der Waals surface area contributed by atoms with Crippen molar-refractivity contribution in [1.29, 1.82) is 0 Å². The number of ether oxygens (including phenoxy) is 1. The minimum atomic E-state index is -0.519. The Morgan fingerprint density at radius 1 is 1.77 bits per heavy atom. The van der Waals surface area contributed by atoms with Gasteiger partial charge in [-0.25, -0.2) is 4.79 Å². The van der Waals surface area contributed by atoms with Gasteiger partial charge in [0.1, 0.15) is 0 Å². The predicted molar refractivity (Wildman–Crippen MR) is 50.4 cm³/mol. The molecule has 1 aliphatic rings. The molecule has 13 heavy (non-hydrogen) atoms. The first kappa shape index (κ1) is 9.80. The predicted octanol–water partition coefficient (Wildman–Crippen LogP) is 2.08. The van der Waals surface area contributed by atoms with E-state index < -0.39 is 6.09 Å². The van der Waals surface area contributed by atoms with Crippen LogP contribution in [0, 0.1) is 0 Å². The molecule has 0 saturated heterocycles. The van der Waals surface area contributed by atoms with E-state index in [0.717, 1.165) is 5.01 Å². The lowest BCUT2D eigenvalue weighted by molar-refractivity contribution is 0.123. The van der Waals surface area contributed by atoms with Gasteiger partial charge >= 0.3 is 6.09 Å². The van der Waals surface area contributed by atoms with Crippen LogP contribution in [0.15, 0.2) is 28.5 Å². The average Bonchev–Trinajstić information content (AvgIpc) is 2.30. The van der Waals surface area contributed by atoms with E-state index in [0.29, 0.717) is 11.6 Å². The molecule has 4 nitrogen and oxygen atoms in total. The first-order valence-electron chi connectivity index (χ1n) is 3.78. The summed E-state index contributed by atoms with van der Waals surface area (Å²) in [5.41, 5.74) is 0. The zero-order valence-electron chi connectivity index (χ0n) is 7.11. The Bertz CT molecular complexity index is 284. The summed E-state index contributed by atoms with van der Waals surface area (Å²) in [5.74, 6) is 0. The third-order valence-corrected chi connectivity index (χ3v) is 1.51. The molecule has 70 valence electrons. The highest BCUT2D eigenvalue weighted by atomic mass is 35.5. The second kappa shape index (κ2) is 4.67. The van der Waals surface area contributed by atoms with Crippen LogP contribution in [0.25, 0.3) is 0 Å². The number of hydrogen-bond donors (Lipinski definition) is 0. The molecule has 0 unspecified atom stereocenters. The minimum absolute atomic E-state index is 0.319. The summed E-state index contributed by atoms with van der Waals surface area (Å²) in [4.78, 5) is 11.1. The summed E-state index contributed by atoms with van der Waals surface area (Å²) >= 11 is 5.67. The Kier molecular flexibility index (Phi) is 3.52. The minimum Gasteiger partial charge on any atom is -0.448 e. The van der Waals surface area contributed by atoms with Crippen molar-refractivity contribution in [3.8, 4) is 0 Å². The number of carbonyl (C=O) groups is 1. The quantitative estimate of drug-likeness (QED) is 0.650. The highest BCUT2D eigenvalue weighted by molar-refractivity contribution is 6.32. The summed E-state index contributed by atoms with van der Waals surface area (Å²) in [5, 5.41) is 5.37. The molecular weight excluding hydrogens is 192 g/mol. The van der Waals surface area contributed by atoms with Gasteiger partial charge in [0.15, 0.2) is 0 Å². The van der Waals surface area contributed by atoms with Crippen molar-refractivity contribution in [2.45, 2.75) is 6.92 Å². The Labute approximate surface area is 81.1 Å². The molecule has 0 aromatic rings. The molecule has 0 bridgehead atoms. The first-order chi connectivity index (χ1) is 6.24. The molecule has 0 aromatic carbocycles. The fourth-order valence-corrected chi connectivity index (χ4v) is 0.823. The summed E-state index contributed by atoms with van der Waals surface area (Å²) in [6.45, 7) is 2.05. The van der Waals surface area contributed by atoms with E-state index in [9.17, 15) is 4.79 Å². The lowest BCUT2D eigenvalue weighted by Crippen LogP contribution is -2.20. The average molecular weight is 201 g/mol. The number of halogens is 1. The fraction of sp³-hybridized carbons (Fsp3) is 0.250. The van der Waals surface area contributed by atoms with E-state index in [2.05, 4.69) is 5.10 Å². The molecule has 0 spiro atoms. The van der Waals surface area contributed by atoms with Gasteiger partial charge in [0.2, 0.25) is 0 Å². The molecule has 5 heteroatoms. The SMILES string of the molecule is CCOC(=O)N1C=CC(Cl)=CC=N1. The van der Waals surface area contributed by atoms with Crippen LogP contribution in [-0.2, 0) is 4.74 Å². The standard InChI is InChI=1S/C8H9ClN2O2/c1-2-13-8(12)11-6-4-7(9)3-5-10-11/h3-6H,2H2,1H3. The number of rotatable bonds is 1. The van der Waals surface area contributed by atoms with E-state index in [4.69, 9.17) is 16.3 Å². The van der Waals surface area contributed by atoms with E-state index in [-0.39, 0.29) is 0 Å². The van der Waals surface area contributed by atoms with Gasteiger partial charge in [-0.05, 0) is 19.1 Å². The number of amides is 1. The molecule has 0 aromatic heterocycles. The molecule has 0 radical (unpaired) electrons. The van der Waals surface area contributed by atoms with Gasteiger partial charge in [0, 0.05) is 17.4 Å². The monoisotopic (exact) mass is 200 g/mol. The summed E-state index contributed by atoms with van der Waals surface area (Å²) in [7, 11) is 0. The largest absolute Gasteiger partial charge is 0.448 e. The van der Waals surface area contributed by atoms with Gasteiger partial charge in [-0.1, -0.05) is 11.6 Å². The molecular formula is C8H9ClN2O2. The molecule has 1 aliphatic heterocycles. The summed E-state index contributed by atoms with van der Waals surface area (Å²) in [6, 6.07) is 0. The van der Waals surface area contributed by atoms with Gasteiger partial charge < -0.3 is 4.74 Å². The van der Waals surface area contributed by atoms with E-state index in [1.165, 1.54) is 12.4 Å². The van der Waals surface area contributed by atoms with Crippen molar-refractivity contribution in [2.75, 3.05) is 6.61 Å². The molecule has 1 heterocycles. The third-order valence-electron chi connectivity index (χ3n) is 1.25. The van der Waals surface area contributed by atoms with Crippen LogP contribution in [0.1, 0.15) is 6.92 Å². The molecule has 0 fully saturated rings. The van der Waals surface area contributed by atoms with Crippen LogP contribution in [-0.4, -0.2) is 23.9 Å². The third kappa shape index (κ3) is 2.91. The zero-order chi connectivity index (χ0) is 9.68. The Hall–Kier alpha value is -1.29. The van der Waals surface area contributed by atoms with Crippen LogP contribution in [0.4, 0.5) is 4.79 Å². The zero-order valence-corrected chi connectivity index (χ0v) is 7.86. The van der Waals surface area contributed by atoms with Crippen molar-refractivity contribution in [2.24, 2.45) is 5.10 Å². The van der Waals surface area contributed by atoms with Crippen LogP contribution in [0.3, 0.4) is 0 Å². The van der Waals surface area contributed by atoms with Crippen molar-refractivity contribution in [3.05, 3.63) is 23.4 Å². The highest BCUT2D eigenvalue weighted by Crippen LogP contribution is 2.07. The van der Waals surface area contributed by atoms with Crippen LogP contribution < -0.4 is 0 Å². The smallest absolute Gasteiger partial charge is 0.434 e. The van der Waals surface area contributed by atoms with Gasteiger partial charge in [0.05, 0.1) is 6.61 Å². The van der Waals surface area contributed by atoms with Crippen LogP contribution >= 0.6 is 11.6 Å². The lowest BCUT2D eigenvalue weighted by atomic mass is 10.5. The van der Waals surface area contributed by atoms with Crippen molar-refractivity contribution in [3.63, 3.8) is 0 Å². The lowest BCUT2D eigenvalue weighted by Gasteiger charge is -2.09. The maximum atomic E-state index is 11.1. The number of hydrogen-bond acceptors (Lipinski definition) is 3. The van der Waals surface area contributed by atoms with Crippen molar-refractivity contribution < 1.29 is 9.53 Å². The number of hydrazone groups is 1. The topological polar surface area (TPSA) is 41.9 Å². The van der Waals surface area contributed by atoms with Crippen LogP contribution in [0.2, 0.25) is 0 Å². The number of carbonyl (C=O) groups excluding carboxylic acids is 1. The molecule has 1 rings (SSSR count). The molecule has 0 atom stereocenters. The van der Waals surface area contributed by atoms with E-state index >= 15 is 0 Å². The number of nitrogens with zero attached hydrogens (tertiary/aromatic N) is 2.